The Morgan fingerprint density at radius 2 is 0.337 bits per heavy atom. The first kappa shape index (κ1) is 54.5. The number of rotatable bonds is 6. The Kier molecular flexibility index (Phi) is 10.9. The molecule has 0 radical (unpaired) electrons. The fraction of sp³-hybridized carbons (Fsp3) is 0.178. The molecule has 18 aromatic rings. The van der Waals surface area contributed by atoms with Gasteiger partial charge in [0, 0.05) is 0 Å². The van der Waals surface area contributed by atoms with Gasteiger partial charge in [-0.1, -0.05) is 88.5 Å². The van der Waals surface area contributed by atoms with Crippen LogP contribution in [0, 0.1) is 127 Å². The predicted molar refractivity (Wildman–Crippen MR) is 396 cm³/mol. The summed E-state index contributed by atoms with van der Waals surface area (Å²) >= 11 is 0. The molecule has 0 aromatic heterocycles. The maximum absolute atomic E-state index is 11.1. The van der Waals surface area contributed by atoms with Gasteiger partial charge < -0.3 is 0 Å². The Morgan fingerprint density at radius 1 is 0.196 bits per heavy atom. The van der Waals surface area contributed by atoms with E-state index < -0.39 is 5.92 Å². The van der Waals surface area contributed by atoms with Crippen LogP contribution in [-0.2, 0) is 0 Å². The van der Waals surface area contributed by atoms with E-state index in [9.17, 15) is 10.5 Å². The Balaban J connectivity index is 1.21. The van der Waals surface area contributed by atoms with Gasteiger partial charge in [-0.05, 0) is 423 Å². The molecule has 0 saturated carbocycles. The lowest BCUT2D eigenvalue weighted by atomic mass is 9.71. The SMILES string of the molecule is Cc1cc(C)c(-c2cc3c4cc(-c5c(C)cc(C)cc5C)cc5c6cc(-c7c(C)cc(C)cc7C)cc7c8cc(C(C#N)C#N)cc9c%10cc(-c%11c(C)cc(C)cc%11C)cc%11c%12cc(-c%13c(C)cc(C)cc%13C)cc%13c(c2)c3c2c(c45)c(c67)c(c89)c(c%11%10)c2c%13%12)c(C)c1. The minimum absolute atomic E-state index is 0.726. The van der Waals surface area contributed by atoms with E-state index in [1.165, 1.54) is 247 Å². The minimum Gasteiger partial charge on any atom is -0.196 e. The van der Waals surface area contributed by atoms with E-state index in [0.717, 1.165) is 27.1 Å². The van der Waals surface area contributed by atoms with Crippen molar-refractivity contribution in [3.63, 3.8) is 0 Å². The molecule has 0 aliphatic rings. The first-order valence-electron chi connectivity index (χ1n) is 32.8. The summed E-state index contributed by atoms with van der Waals surface area (Å²) in [5.74, 6) is -0.990. The molecule has 2 nitrogen and oxygen atoms in total. The lowest BCUT2D eigenvalue weighted by molar-refractivity contribution is 1.11. The summed E-state index contributed by atoms with van der Waals surface area (Å²) in [7, 11) is 0. The van der Waals surface area contributed by atoms with Crippen molar-refractivity contribution in [1.82, 2.24) is 0 Å². The Labute approximate surface area is 536 Å². The maximum Gasteiger partial charge on any atom is 0.158 e. The van der Waals surface area contributed by atoms with Crippen LogP contribution in [-0.4, -0.2) is 0 Å². The number of aryl methyl sites for hydroxylation is 15. The Morgan fingerprint density at radius 3 is 0.478 bits per heavy atom. The van der Waals surface area contributed by atoms with E-state index in [1.54, 1.807) is 0 Å². The smallest absolute Gasteiger partial charge is 0.158 e. The molecule has 2 heteroatoms. The largest absolute Gasteiger partial charge is 0.196 e. The lowest BCUT2D eigenvalue weighted by Gasteiger charge is -2.31. The molecule has 0 aliphatic heterocycles. The van der Waals surface area contributed by atoms with Gasteiger partial charge in [0.2, 0.25) is 0 Å². The van der Waals surface area contributed by atoms with Gasteiger partial charge in [-0.25, -0.2) is 0 Å². The molecule has 0 spiro atoms. The molecule has 0 saturated heterocycles. The third kappa shape index (κ3) is 6.98. The zero-order chi connectivity index (χ0) is 63.4. The molecule has 18 aromatic carbocycles. The van der Waals surface area contributed by atoms with E-state index in [2.05, 4.69) is 249 Å². The van der Waals surface area contributed by atoms with Crippen LogP contribution in [0.4, 0.5) is 0 Å². The van der Waals surface area contributed by atoms with Gasteiger partial charge in [-0.15, -0.1) is 0 Å². The van der Waals surface area contributed by atoms with Crippen LogP contribution in [0.1, 0.15) is 94.9 Å². The number of nitriles is 2. The molecule has 0 fully saturated rings. The van der Waals surface area contributed by atoms with Crippen LogP contribution in [0.3, 0.4) is 0 Å². The number of nitrogens with zero attached hydrogens (tertiary/aromatic N) is 2. The molecule has 0 heterocycles. The summed E-state index contributed by atoms with van der Waals surface area (Å²) in [6, 6.07) is 58.5. The summed E-state index contributed by atoms with van der Waals surface area (Å²) in [5, 5.41) is 52.2. The minimum atomic E-state index is -0.990. The van der Waals surface area contributed by atoms with Crippen LogP contribution in [0.15, 0.2) is 133 Å². The predicted octanol–water partition coefficient (Wildman–Crippen LogP) is 25.2. The van der Waals surface area contributed by atoms with Crippen molar-refractivity contribution in [2.45, 2.75) is 110 Å². The summed E-state index contributed by atoms with van der Waals surface area (Å²) in [6.45, 7) is 34.0. The van der Waals surface area contributed by atoms with E-state index in [0.29, 0.717) is 0 Å². The van der Waals surface area contributed by atoms with Crippen LogP contribution in [0.5, 0.6) is 0 Å². The fourth-order valence-electron chi connectivity index (χ4n) is 19.5. The third-order valence-electron chi connectivity index (χ3n) is 22.0. The highest BCUT2D eigenvalue weighted by Crippen LogP contribution is 2.63. The summed E-state index contributed by atoms with van der Waals surface area (Å²) in [6.07, 6.45) is 0. The molecule has 0 bridgehead atoms. The Hall–Kier alpha value is -10.4. The van der Waals surface area contributed by atoms with Crippen LogP contribution >= 0.6 is 0 Å². The maximum atomic E-state index is 11.1. The van der Waals surface area contributed by atoms with Gasteiger partial charge in [0.05, 0.1) is 12.1 Å². The van der Waals surface area contributed by atoms with Gasteiger partial charge in [0.1, 0.15) is 0 Å². The van der Waals surface area contributed by atoms with Crippen molar-refractivity contribution >= 4 is 129 Å². The molecule has 0 aliphatic carbocycles. The summed E-state index contributed by atoms with van der Waals surface area (Å²) < 4.78 is 0. The second-order valence-corrected chi connectivity index (χ2v) is 28.5. The molecule has 438 valence electrons. The van der Waals surface area contributed by atoms with Crippen LogP contribution in [0.25, 0.3) is 185 Å². The van der Waals surface area contributed by atoms with Crippen LogP contribution < -0.4 is 0 Å². The number of benzene rings is 18. The molecular formula is C90H68N2. The van der Waals surface area contributed by atoms with Gasteiger partial charge in [-0.3, -0.25) is 0 Å². The van der Waals surface area contributed by atoms with Gasteiger partial charge in [0.25, 0.3) is 0 Å². The third-order valence-corrected chi connectivity index (χ3v) is 22.0. The highest BCUT2D eigenvalue weighted by Gasteiger charge is 2.34. The number of hydrogen-bond donors (Lipinski definition) is 0. The molecule has 0 unspecified atom stereocenters. The van der Waals surface area contributed by atoms with Crippen molar-refractivity contribution in [2.75, 3.05) is 0 Å². The first-order valence-corrected chi connectivity index (χ1v) is 32.8. The van der Waals surface area contributed by atoms with Gasteiger partial charge in [0.15, 0.2) is 5.92 Å². The normalized spacial score (nSPS) is 12.6. The first-order chi connectivity index (χ1) is 44.2. The zero-order valence-corrected chi connectivity index (χ0v) is 55.2. The van der Waals surface area contributed by atoms with E-state index in [4.69, 9.17) is 0 Å². The summed E-state index contributed by atoms with van der Waals surface area (Å²) in [5.41, 5.74) is 32.0. The van der Waals surface area contributed by atoms with Crippen molar-refractivity contribution in [3.05, 3.63) is 222 Å². The average Bonchev–Trinajstić information content (AvgIpc) is 0.642. The Bertz CT molecular complexity index is 6010. The fourth-order valence-corrected chi connectivity index (χ4v) is 19.5. The highest BCUT2D eigenvalue weighted by molar-refractivity contribution is 6.61. The standard InChI is InChI=1S/C90H68N2/c1-40-16-45(6)74(46(7)17-40)56-28-64-62-26-55(61(38-91)39-92)27-63-65-29-57(75-47(8)18-41(2)19-48(75)9)31-67-69-33-59(77-51(12)22-43(4)23-52(77)13)35-71-73-37-60(78-53(14)24-44(5)25-54(78)15)36-72-70-34-58(76-49(10)20-42(3)21-50(76)11)32-68-66(30-56)80(64)86-85(79(62)63)87(81(65)67)89(83(69)71)90(84(72)73)88(86)82(68)70/h16-37,61H,1-15H3. The average molecular weight is 1180 g/mol. The van der Waals surface area contributed by atoms with Crippen molar-refractivity contribution in [3.8, 4) is 67.8 Å². The van der Waals surface area contributed by atoms with Gasteiger partial charge >= 0.3 is 0 Å². The van der Waals surface area contributed by atoms with E-state index in [1.807, 2.05) is 0 Å². The van der Waals surface area contributed by atoms with Crippen molar-refractivity contribution in [1.29, 1.82) is 10.5 Å². The number of fused-ring (bicyclic) bond motifs is 6. The van der Waals surface area contributed by atoms with Gasteiger partial charge in [-0.2, -0.15) is 10.5 Å². The second-order valence-electron chi connectivity index (χ2n) is 28.5. The number of hydrogen-bond acceptors (Lipinski definition) is 2. The quantitative estimate of drug-likeness (QED) is 0.123. The highest BCUT2D eigenvalue weighted by atomic mass is 14.4. The topological polar surface area (TPSA) is 47.6 Å². The summed E-state index contributed by atoms with van der Waals surface area (Å²) in [4.78, 5) is 0. The second kappa shape index (κ2) is 18.4. The zero-order valence-electron chi connectivity index (χ0n) is 55.2. The molecule has 18 rings (SSSR count). The van der Waals surface area contributed by atoms with E-state index in [-0.39, 0.29) is 0 Å². The molecule has 0 N–H and O–H groups in total. The van der Waals surface area contributed by atoms with Crippen molar-refractivity contribution < 1.29 is 0 Å². The molecule has 92 heavy (non-hydrogen) atoms. The molecule has 0 atom stereocenters. The van der Waals surface area contributed by atoms with E-state index >= 15 is 0 Å². The lowest BCUT2D eigenvalue weighted by Crippen LogP contribution is -2.03. The van der Waals surface area contributed by atoms with Crippen molar-refractivity contribution in [2.24, 2.45) is 0 Å². The van der Waals surface area contributed by atoms with Crippen LogP contribution in [0.2, 0.25) is 0 Å². The monoisotopic (exact) mass is 1180 g/mol. The molecule has 0 amide bonds. The molecular weight excluding hydrogens is 1110 g/mol.